The number of carbonyl (C=O) groups excluding carboxylic acids is 1. The number of rotatable bonds is 8. The number of nitrogens with zero attached hydrogens (tertiary/aromatic N) is 1. The van der Waals surface area contributed by atoms with E-state index >= 15 is 0 Å². The van der Waals surface area contributed by atoms with Gasteiger partial charge in [-0.1, -0.05) is 23.8 Å². The third-order valence-corrected chi connectivity index (χ3v) is 5.80. The Hall–Kier alpha value is -2.38. The van der Waals surface area contributed by atoms with E-state index in [1.807, 2.05) is 32.9 Å². The van der Waals surface area contributed by atoms with Crippen LogP contribution in [-0.4, -0.2) is 45.4 Å². The summed E-state index contributed by atoms with van der Waals surface area (Å²) in [6, 6.07) is 12.4. The molecule has 0 aliphatic carbocycles. The summed E-state index contributed by atoms with van der Waals surface area (Å²) in [5, 5.41) is 2.68. The molecule has 2 aromatic rings. The van der Waals surface area contributed by atoms with Gasteiger partial charge in [0.2, 0.25) is 15.9 Å². The van der Waals surface area contributed by atoms with E-state index in [4.69, 9.17) is 4.74 Å². The fourth-order valence-corrected chi connectivity index (χ4v) is 3.74. The Labute approximate surface area is 161 Å². The summed E-state index contributed by atoms with van der Waals surface area (Å²) in [7, 11) is -2.30. The summed E-state index contributed by atoms with van der Waals surface area (Å²) in [6.07, 6.45) is 0. The first-order chi connectivity index (χ1) is 12.7. The van der Waals surface area contributed by atoms with Crippen LogP contribution < -0.4 is 10.1 Å². The predicted octanol–water partition coefficient (Wildman–Crippen LogP) is 2.43. The number of hydrogen-bond donors (Lipinski definition) is 1. The quantitative estimate of drug-likeness (QED) is 0.703. The van der Waals surface area contributed by atoms with Crippen LogP contribution in [0.25, 0.3) is 0 Å². The predicted molar refractivity (Wildman–Crippen MR) is 105 cm³/mol. The van der Waals surface area contributed by atoms with E-state index in [0.717, 1.165) is 26.7 Å². The molecule has 0 bridgehead atoms. The van der Waals surface area contributed by atoms with E-state index < -0.39 is 10.0 Å². The third kappa shape index (κ3) is 6.08. The molecule has 0 heterocycles. The van der Waals surface area contributed by atoms with Crippen LogP contribution in [0.3, 0.4) is 0 Å². The van der Waals surface area contributed by atoms with Crippen LogP contribution in [0.5, 0.6) is 5.75 Å². The second-order valence-electron chi connectivity index (χ2n) is 6.60. The second-order valence-corrected chi connectivity index (χ2v) is 8.64. The van der Waals surface area contributed by atoms with Crippen molar-refractivity contribution in [2.24, 2.45) is 0 Å². The summed E-state index contributed by atoms with van der Waals surface area (Å²) in [6.45, 7) is 6.22. The summed E-state index contributed by atoms with van der Waals surface area (Å²) in [4.78, 5) is 12.2. The highest BCUT2D eigenvalue weighted by atomic mass is 32.2. The lowest BCUT2D eigenvalue weighted by atomic mass is 10.1. The molecular weight excluding hydrogens is 364 g/mol. The Bertz CT molecular complexity index is 872. The number of sulfonamides is 1. The first-order valence-corrected chi connectivity index (χ1v) is 10.1. The third-order valence-electron chi connectivity index (χ3n) is 3.98. The smallest absolute Gasteiger partial charge is 0.243 e. The zero-order valence-corrected chi connectivity index (χ0v) is 17.0. The number of hydrogen-bond acceptors (Lipinski definition) is 4. The molecule has 1 N–H and O–H groups in total. The zero-order valence-electron chi connectivity index (χ0n) is 16.2. The van der Waals surface area contributed by atoms with E-state index in [0.29, 0.717) is 13.2 Å². The highest BCUT2D eigenvalue weighted by Crippen LogP contribution is 2.16. The zero-order chi connectivity index (χ0) is 20.0. The van der Waals surface area contributed by atoms with Crippen molar-refractivity contribution in [2.75, 3.05) is 26.7 Å². The standard InChI is InChI=1S/C20H26N2O4S/c1-15-5-7-19(8-6-15)27(24,25)22(4)14-20(23)21-9-10-26-18-12-16(2)11-17(3)13-18/h5-8,11-13H,9-10,14H2,1-4H3,(H,21,23). The molecule has 0 spiro atoms. The lowest BCUT2D eigenvalue weighted by Gasteiger charge is -2.17. The maximum atomic E-state index is 12.5. The minimum absolute atomic E-state index is 0.168. The topological polar surface area (TPSA) is 75.7 Å². The Morgan fingerprint density at radius 1 is 1.00 bits per heavy atom. The molecule has 0 unspecified atom stereocenters. The molecule has 27 heavy (non-hydrogen) atoms. The van der Waals surface area contributed by atoms with Crippen LogP contribution in [0.2, 0.25) is 0 Å². The van der Waals surface area contributed by atoms with E-state index in [1.54, 1.807) is 12.1 Å². The van der Waals surface area contributed by atoms with Crippen molar-refractivity contribution < 1.29 is 17.9 Å². The highest BCUT2D eigenvalue weighted by molar-refractivity contribution is 7.89. The average molecular weight is 391 g/mol. The molecule has 0 saturated carbocycles. The largest absolute Gasteiger partial charge is 0.492 e. The van der Waals surface area contributed by atoms with Gasteiger partial charge in [0, 0.05) is 7.05 Å². The van der Waals surface area contributed by atoms with Crippen LogP contribution in [0.4, 0.5) is 0 Å². The average Bonchev–Trinajstić information content (AvgIpc) is 2.58. The Kier molecular flexibility index (Phi) is 6.98. The molecule has 7 heteroatoms. The number of ether oxygens (including phenoxy) is 1. The Morgan fingerprint density at radius 2 is 1.59 bits per heavy atom. The molecular formula is C20H26N2O4S. The van der Waals surface area contributed by atoms with Gasteiger partial charge >= 0.3 is 0 Å². The van der Waals surface area contributed by atoms with E-state index in [-0.39, 0.29) is 17.3 Å². The van der Waals surface area contributed by atoms with Gasteiger partial charge in [0.25, 0.3) is 0 Å². The molecule has 0 aliphatic rings. The number of carbonyl (C=O) groups is 1. The molecule has 0 aliphatic heterocycles. The minimum atomic E-state index is -3.69. The molecule has 0 atom stereocenters. The van der Waals surface area contributed by atoms with Crippen molar-refractivity contribution in [3.8, 4) is 5.75 Å². The van der Waals surface area contributed by atoms with Crippen LogP contribution in [0.1, 0.15) is 16.7 Å². The molecule has 0 aromatic heterocycles. The molecule has 0 saturated heterocycles. The van der Waals surface area contributed by atoms with Crippen molar-refractivity contribution >= 4 is 15.9 Å². The fraction of sp³-hybridized carbons (Fsp3) is 0.350. The van der Waals surface area contributed by atoms with Crippen LogP contribution in [0.15, 0.2) is 47.4 Å². The van der Waals surface area contributed by atoms with Gasteiger partial charge in [-0.2, -0.15) is 4.31 Å². The van der Waals surface area contributed by atoms with Crippen molar-refractivity contribution in [3.63, 3.8) is 0 Å². The Balaban J connectivity index is 1.81. The van der Waals surface area contributed by atoms with Gasteiger partial charge in [-0.15, -0.1) is 0 Å². The number of aryl methyl sites for hydroxylation is 3. The van der Waals surface area contributed by atoms with Gasteiger partial charge in [0.05, 0.1) is 18.0 Å². The first kappa shape index (κ1) is 20.9. The highest BCUT2D eigenvalue weighted by Gasteiger charge is 2.22. The summed E-state index contributed by atoms with van der Waals surface area (Å²) < 4.78 is 31.6. The monoisotopic (exact) mass is 390 g/mol. The first-order valence-electron chi connectivity index (χ1n) is 8.69. The molecule has 146 valence electrons. The van der Waals surface area contributed by atoms with Crippen LogP contribution >= 0.6 is 0 Å². The lowest BCUT2D eigenvalue weighted by molar-refractivity contribution is -0.121. The summed E-state index contributed by atoms with van der Waals surface area (Å²) >= 11 is 0. The van der Waals surface area contributed by atoms with Gasteiger partial charge < -0.3 is 10.1 Å². The molecule has 0 radical (unpaired) electrons. The number of benzene rings is 2. The maximum absolute atomic E-state index is 12.5. The number of likely N-dealkylation sites (N-methyl/N-ethyl adjacent to an activating group) is 1. The van der Waals surface area contributed by atoms with Gasteiger partial charge in [0.1, 0.15) is 12.4 Å². The lowest BCUT2D eigenvalue weighted by Crippen LogP contribution is -2.39. The molecule has 2 aromatic carbocycles. The summed E-state index contributed by atoms with van der Waals surface area (Å²) in [5.74, 6) is 0.373. The SMILES string of the molecule is Cc1ccc(S(=O)(=O)N(C)CC(=O)NCCOc2cc(C)cc(C)c2)cc1. The van der Waals surface area contributed by atoms with Crippen LogP contribution in [0, 0.1) is 20.8 Å². The molecule has 6 nitrogen and oxygen atoms in total. The molecule has 0 fully saturated rings. The van der Waals surface area contributed by atoms with E-state index in [9.17, 15) is 13.2 Å². The van der Waals surface area contributed by atoms with Gasteiger partial charge in [-0.25, -0.2) is 8.42 Å². The molecule has 1 amide bonds. The second kappa shape index (κ2) is 9.01. The van der Waals surface area contributed by atoms with Crippen molar-refractivity contribution in [1.29, 1.82) is 0 Å². The summed E-state index contributed by atoms with van der Waals surface area (Å²) in [5.41, 5.74) is 3.19. The van der Waals surface area contributed by atoms with Crippen molar-refractivity contribution in [1.82, 2.24) is 9.62 Å². The van der Waals surface area contributed by atoms with Crippen molar-refractivity contribution in [3.05, 3.63) is 59.2 Å². The number of nitrogens with one attached hydrogen (secondary N) is 1. The van der Waals surface area contributed by atoms with Crippen molar-refractivity contribution in [2.45, 2.75) is 25.7 Å². The van der Waals surface area contributed by atoms with Gasteiger partial charge in [-0.05, 0) is 56.2 Å². The van der Waals surface area contributed by atoms with Gasteiger partial charge in [-0.3, -0.25) is 4.79 Å². The molecule has 2 rings (SSSR count). The van der Waals surface area contributed by atoms with Gasteiger partial charge in [0.15, 0.2) is 0 Å². The minimum Gasteiger partial charge on any atom is -0.492 e. The van der Waals surface area contributed by atoms with E-state index in [2.05, 4.69) is 11.4 Å². The maximum Gasteiger partial charge on any atom is 0.243 e. The van der Waals surface area contributed by atoms with E-state index in [1.165, 1.54) is 19.2 Å². The van der Waals surface area contributed by atoms with Crippen LogP contribution in [-0.2, 0) is 14.8 Å². The Morgan fingerprint density at radius 3 is 2.19 bits per heavy atom. The number of amides is 1. The fourth-order valence-electron chi connectivity index (χ4n) is 2.61. The normalized spacial score (nSPS) is 11.4.